The fraction of sp³-hybridized carbons (Fsp3) is 0.273. The molecule has 0 bridgehead atoms. The van der Waals surface area contributed by atoms with Gasteiger partial charge in [0, 0.05) is 25.2 Å². The number of para-hydroxylation sites is 1. The number of ether oxygens (including phenoxy) is 1. The molecule has 0 unspecified atom stereocenters. The summed E-state index contributed by atoms with van der Waals surface area (Å²) >= 11 is 0. The van der Waals surface area contributed by atoms with Crippen LogP contribution in [0.5, 0.6) is 5.75 Å². The summed E-state index contributed by atoms with van der Waals surface area (Å²) in [5.41, 5.74) is 2.16. The van der Waals surface area contributed by atoms with Gasteiger partial charge in [-0.05, 0) is 55.2 Å². The Kier molecular flexibility index (Phi) is 4.96. The summed E-state index contributed by atoms with van der Waals surface area (Å²) in [5, 5.41) is 2.70. The van der Waals surface area contributed by atoms with Crippen LogP contribution in [0.3, 0.4) is 0 Å². The summed E-state index contributed by atoms with van der Waals surface area (Å²) in [4.78, 5) is 24.2. The van der Waals surface area contributed by atoms with Crippen molar-refractivity contribution in [1.29, 1.82) is 0 Å². The van der Waals surface area contributed by atoms with Crippen LogP contribution in [0.1, 0.15) is 36.9 Å². The number of benzene rings is 2. The van der Waals surface area contributed by atoms with Crippen LogP contribution in [-0.2, 0) is 18.4 Å². The SMILES string of the molecule is CC(=O)Nc1ccc(OCc2c(C3CC3)c(=O)n(-c3ccccc3F)n2C)cc1. The highest BCUT2D eigenvalue weighted by Crippen LogP contribution is 2.40. The summed E-state index contributed by atoms with van der Waals surface area (Å²) in [6.07, 6.45) is 1.91. The van der Waals surface area contributed by atoms with Gasteiger partial charge in [-0.25, -0.2) is 9.07 Å². The third-order valence-corrected chi connectivity index (χ3v) is 5.04. The fourth-order valence-electron chi connectivity index (χ4n) is 3.51. The van der Waals surface area contributed by atoms with Crippen LogP contribution in [0.15, 0.2) is 53.3 Å². The van der Waals surface area contributed by atoms with Gasteiger partial charge in [-0.3, -0.25) is 14.3 Å². The van der Waals surface area contributed by atoms with Crippen LogP contribution in [-0.4, -0.2) is 15.3 Å². The highest BCUT2D eigenvalue weighted by Gasteiger charge is 2.33. The molecule has 1 N–H and O–H groups in total. The minimum atomic E-state index is -0.446. The van der Waals surface area contributed by atoms with E-state index in [-0.39, 0.29) is 29.7 Å². The van der Waals surface area contributed by atoms with Crippen molar-refractivity contribution in [3.05, 3.63) is 76.0 Å². The lowest BCUT2D eigenvalue weighted by molar-refractivity contribution is -0.114. The smallest absolute Gasteiger partial charge is 0.275 e. The Morgan fingerprint density at radius 1 is 1.17 bits per heavy atom. The van der Waals surface area contributed by atoms with Crippen LogP contribution in [0.2, 0.25) is 0 Å². The maximum absolute atomic E-state index is 14.3. The first kappa shape index (κ1) is 19.0. The van der Waals surface area contributed by atoms with E-state index >= 15 is 0 Å². The molecule has 6 nitrogen and oxygen atoms in total. The number of nitrogens with one attached hydrogen (secondary N) is 1. The van der Waals surface area contributed by atoms with Crippen molar-refractivity contribution in [3.63, 3.8) is 0 Å². The van der Waals surface area contributed by atoms with Gasteiger partial charge in [-0.1, -0.05) is 12.1 Å². The Balaban J connectivity index is 1.64. The first-order chi connectivity index (χ1) is 14.0. The van der Waals surface area contributed by atoms with Gasteiger partial charge >= 0.3 is 0 Å². The van der Waals surface area contributed by atoms with E-state index in [1.54, 1.807) is 54.2 Å². The van der Waals surface area contributed by atoms with E-state index in [0.29, 0.717) is 17.0 Å². The Morgan fingerprint density at radius 3 is 2.48 bits per heavy atom. The third kappa shape index (κ3) is 3.81. The summed E-state index contributed by atoms with van der Waals surface area (Å²) in [5.74, 6) is 0.227. The molecule has 1 heterocycles. The minimum Gasteiger partial charge on any atom is -0.487 e. The molecule has 0 atom stereocenters. The van der Waals surface area contributed by atoms with Gasteiger partial charge in [0.1, 0.15) is 23.9 Å². The number of hydrogen-bond donors (Lipinski definition) is 1. The van der Waals surface area contributed by atoms with Crippen molar-refractivity contribution >= 4 is 11.6 Å². The van der Waals surface area contributed by atoms with Crippen molar-refractivity contribution in [2.75, 3.05) is 5.32 Å². The molecule has 0 spiro atoms. The van der Waals surface area contributed by atoms with Gasteiger partial charge in [0.25, 0.3) is 5.56 Å². The first-order valence-corrected chi connectivity index (χ1v) is 9.52. The van der Waals surface area contributed by atoms with E-state index < -0.39 is 5.82 Å². The topological polar surface area (TPSA) is 65.3 Å². The van der Waals surface area contributed by atoms with Crippen molar-refractivity contribution < 1.29 is 13.9 Å². The average Bonchev–Trinajstić information content (AvgIpc) is 3.48. The Hall–Kier alpha value is -3.35. The van der Waals surface area contributed by atoms with Gasteiger partial charge in [-0.15, -0.1) is 0 Å². The predicted octanol–water partition coefficient (Wildman–Crippen LogP) is 3.73. The van der Waals surface area contributed by atoms with Crippen LogP contribution < -0.4 is 15.6 Å². The number of amides is 1. The van der Waals surface area contributed by atoms with Gasteiger partial charge in [0.2, 0.25) is 5.91 Å². The van der Waals surface area contributed by atoms with E-state index in [4.69, 9.17) is 4.74 Å². The summed E-state index contributed by atoms with van der Waals surface area (Å²) < 4.78 is 23.3. The van der Waals surface area contributed by atoms with E-state index in [2.05, 4.69) is 5.32 Å². The van der Waals surface area contributed by atoms with Crippen molar-refractivity contribution in [3.8, 4) is 11.4 Å². The quantitative estimate of drug-likeness (QED) is 0.692. The molecule has 1 amide bonds. The van der Waals surface area contributed by atoms with Crippen LogP contribution in [0.25, 0.3) is 5.69 Å². The summed E-state index contributed by atoms with van der Waals surface area (Å²) in [6, 6.07) is 13.3. The van der Waals surface area contributed by atoms with Crippen LogP contribution in [0, 0.1) is 5.82 Å². The second-order valence-corrected chi connectivity index (χ2v) is 7.22. The zero-order valence-electron chi connectivity index (χ0n) is 16.3. The van der Waals surface area contributed by atoms with Crippen LogP contribution in [0.4, 0.5) is 10.1 Å². The third-order valence-electron chi connectivity index (χ3n) is 5.04. The molecule has 0 saturated heterocycles. The van der Waals surface area contributed by atoms with Gasteiger partial charge in [0.15, 0.2) is 0 Å². The molecule has 0 radical (unpaired) electrons. The number of nitrogens with zero attached hydrogens (tertiary/aromatic N) is 2. The monoisotopic (exact) mass is 395 g/mol. The van der Waals surface area contributed by atoms with Gasteiger partial charge in [-0.2, -0.15) is 0 Å². The predicted molar refractivity (Wildman–Crippen MR) is 108 cm³/mol. The van der Waals surface area contributed by atoms with Crippen LogP contribution >= 0.6 is 0 Å². The summed E-state index contributed by atoms with van der Waals surface area (Å²) in [6.45, 7) is 1.64. The standard InChI is InChI=1S/C22H22FN3O3/c1-14(27)24-16-9-11-17(12-10-16)29-13-20-21(15-7-8-15)22(28)26(25(20)2)19-6-4-3-5-18(19)23/h3-6,9-12,15H,7-8,13H2,1-2H3,(H,24,27). The van der Waals surface area contributed by atoms with Gasteiger partial charge in [0.05, 0.1) is 5.69 Å². The molecule has 4 rings (SSSR count). The van der Waals surface area contributed by atoms with Crippen molar-refractivity contribution in [1.82, 2.24) is 9.36 Å². The maximum atomic E-state index is 14.3. The first-order valence-electron chi connectivity index (χ1n) is 9.52. The molecule has 7 heteroatoms. The number of halogens is 1. The van der Waals surface area contributed by atoms with E-state index in [1.165, 1.54) is 17.7 Å². The van der Waals surface area contributed by atoms with Crippen molar-refractivity contribution in [2.45, 2.75) is 32.3 Å². The fourth-order valence-corrected chi connectivity index (χ4v) is 3.51. The van der Waals surface area contributed by atoms with E-state index in [1.807, 2.05) is 0 Å². The lowest BCUT2D eigenvalue weighted by Gasteiger charge is -2.12. The minimum absolute atomic E-state index is 0.141. The molecule has 2 aromatic carbocycles. The molecule has 1 aromatic heterocycles. The van der Waals surface area contributed by atoms with Gasteiger partial charge < -0.3 is 10.1 Å². The molecule has 29 heavy (non-hydrogen) atoms. The molecule has 150 valence electrons. The zero-order valence-corrected chi connectivity index (χ0v) is 16.3. The van der Waals surface area contributed by atoms with Crippen molar-refractivity contribution in [2.24, 2.45) is 7.05 Å². The highest BCUT2D eigenvalue weighted by atomic mass is 19.1. The molecular formula is C22H22FN3O3. The maximum Gasteiger partial charge on any atom is 0.275 e. The van der Waals surface area contributed by atoms with E-state index in [0.717, 1.165) is 18.5 Å². The molecule has 1 aliphatic rings. The molecule has 3 aromatic rings. The lowest BCUT2D eigenvalue weighted by atomic mass is 10.1. The Bertz CT molecular complexity index is 1110. The number of rotatable bonds is 6. The zero-order chi connectivity index (χ0) is 20.5. The highest BCUT2D eigenvalue weighted by molar-refractivity contribution is 5.88. The lowest BCUT2D eigenvalue weighted by Crippen LogP contribution is -2.22. The Morgan fingerprint density at radius 2 is 1.86 bits per heavy atom. The largest absolute Gasteiger partial charge is 0.487 e. The number of anilines is 1. The summed E-state index contributed by atoms with van der Waals surface area (Å²) in [7, 11) is 1.75. The number of hydrogen-bond acceptors (Lipinski definition) is 3. The normalized spacial score (nSPS) is 13.3. The molecule has 1 fully saturated rings. The number of carbonyl (C=O) groups is 1. The molecule has 1 aliphatic carbocycles. The molecule has 1 saturated carbocycles. The molecular weight excluding hydrogens is 373 g/mol. The number of aromatic nitrogens is 2. The number of carbonyl (C=O) groups excluding carboxylic acids is 1. The Labute approximate surface area is 167 Å². The second-order valence-electron chi connectivity index (χ2n) is 7.22. The molecule has 0 aliphatic heterocycles. The second kappa shape index (κ2) is 7.58. The van der Waals surface area contributed by atoms with E-state index in [9.17, 15) is 14.0 Å². The average molecular weight is 395 g/mol.